The van der Waals surface area contributed by atoms with Gasteiger partial charge in [0, 0.05) is 31.7 Å². The van der Waals surface area contributed by atoms with Gasteiger partial charge in [-0.3, -0.25) is 9.52 Å². The molecule has 1 aliphatic rings. The Morgan fingerprint density at radius 2 is 1.02 bits per heavy atom. The number of aldehydes is 1. The lowest BCUT2D eigenvalue weighted by molar-refractivity contribution is -0.149. The highest BCUT2D eigenvalue weighted by atomic mass is 32.2. The number of methoxy groups -OCH3 is 1. The molecule has 1 N–H and O–H groups in total. The van der Waals surface area contributed by atoms with E-state index in [0.29, 0.717) is 12.5 Å². The topological polar surface area (TPSA) is 67.9 Å². The Labute approximate surface area is 380 Å². The van der Waals surface area contributed by atoms with Crippen LogP contribution in [-0.2, 0) is 19.1 Å². The summed E-state index contributed by atoms with van der Waals surface area (Å²) in [7, 11) is 1.89. The normalized spacial score (nSPS) is 13.6. The fraction of sp³-hybridized carbons (Fsp3) is 0.962. The van der Waals surface area contributed by atoms with Crippen molar-refractivity contribution >= 4 is 24.2 Å². The molecule has 0 heterocycles. The Bertz CT molecular complexity index is 841. The van der Waals surface area contributed by atoms with Gasteiger partial charge in [-0.15, -0.1) is 0 Å². The Morgan fingerprint density at radius 3 is 1.50 bits per heavy atom. The van der Waals surface area contributed by atoms with Crippen LogP contribution in [0.3, 0.4) is 0 Å². The summed E-state index contributed by atoms with van der Waals surface area (Å²) in [5, 5.41) is 0.838. The van der Waals surface area contributed by atoms with Gasteiger partial charge < -0.3 is 19.2 Å². The first-order valence-electron chi connectivity index (χ1n) is 26.8. The van der Waals surface area contributed by atoms with Crippen LogP contribution in [0, 0.1) is 0 Å². The predicted octanol–water partition coefficient (Wildman–Crippen LogP) is 16.3. The van der Waals surface area contributed by atoms with Gasteiger partial charge in [0.2, 0.25) is 0 Å². The molecule has 0 amide bonds. The highest BCUT2D eigenvalue weighted by molar-refractivity contribution is 7.98. The second kappa shape index (κ2) is 49.4. The van der Waals surface area contributed by atoms with E-state index in [9.17, 15) is 9.59 Å². The summed E-state index contributed by atoms with van der Waals surface area (Å²) in [6.45, 7) is 13.6. The van der Waals surface area contributed by atoms with E-state index < -0.39 is 0 Å². The number of hydrogen-bond acceptors (Lipinski definition) is 7. The van der Waals surface area contributed by atoms with Crippen molar-refractivity contribution in [2.45, 2.75) is 296 Å². The Hall–Kier alpha value is -0.630. The average molecular weight is 868 g/mol. The van der Waals surface area contributed by atoms with Crippen molar-refractivity contribution in [1.82, 2.24) is 9.62 Å². The van der Waals surface area contributed by atoms with Gasteiger partial charge in [-0.2, -0.15) is 0 Å². The molecule has 0 aromatic heterocycles. The Kier molecular flexibility index (Phi) is 48.9. The van der Waals surface area contributed by atoms with E-state index >= 15 is 0 Å². The maximum Gasteiger partial charge on any atom is 0.306 e. The molecular formula is C53H106N2O4S. The van der Waals surface area contributed by atoms with E-state index in [0.717, 1.165) is 56.6 Å². The molecule has 1 rings (SSSR count). The number of hydrogen-bond donors (Lipinski definition) is 1. The van der Waals surface area contributed by atoms with E-state index in [1.165, 1.54) is 225 Å². The van der Waals surface area contributed by atoms with Gasteiger partial charge in [0.05, 0.1) is 6.10 Å². The van der Waals surface area contributed by atoms with Crippen LogP contribution >= 0.6 is 11.9 Å². The molecule has 0 aromatic rings. The van der Waals surface area contributed by atoms with E-state index in [2.05, 4.69) is 37.3 Å². The lowest BCUT2D eigenvalue weighted by atomic mass is 10.0. The predicted molar refractivity (Wildman–Crippen MR) is 265 cm³/mol. The van der Waals surface area contributed by atoms with Gasteiger partial charge in [-0.1, -0.05) is 200 Å². The number of ether oxygens (including phenoxy) is 2. The summed E-state index contributed by atoms with van der Waals surface area (Å²) in [4.78, 5) is 25.5. The van der Waals surface area contributed by atoms with Gasteiger partial charge in [-0.25, -0.2) is 0 Å². The Balaban J connectivity index is 0.00000153. The quantitative estimate of drug-likeness (QED) is 0.0283. The van der Waals surface area contributed by atoms with Crippen molar-refractivity contribution < 1.29 is 19.1 Å². The van der Waals surface area contributed by atoms with Crippen LogP contribution in [0.5, 0.6) is 0 Å². The molecule has 7 heteroatoms. The number of nitrogens with zero attached hydrogens (tertiary/aromatic N) is 1. The maximum atomic E-state index is 12.3. The highest BCUT2D eigenvalue weighted by Gasteiger charge is 2.15. The number of esters is 1. The number of unbranched alkanes of at least 4 members (excludes halogenated alkanes) is 24. The van der Waals surface area contributed by atoms with Crippen LogP contribution < -0.4 is 4.72 Å². The first-order chi connectivity index (χ1) is 29.5. The maximum absolute atomic E-state index is 12.3. The third kappa shape index (κ3) is 42.7. The molecule has 60 heavy (non-hydrogen) atoms. The molecule has 0 aliphatic heterocycles. The van der Waals surface area contributed by atoms with Crippen LogP contribution in [0.4, 0.5) is 0 Å². The van der Waals surface area contributed by atoms with Crippen molar-refractivity contribution in [1.29, 1.82) is 0 Å². The summed E-state index contributed by atoms with van der Waals surface area (Å²) in [6, 6.07) is 0. The zero-order valence-corrected chi connectivity index (χ0v) is 42.0. The van der Waals surface area contributed by atoms with Crippen LogP contribution in [0.15, 0.2) is 0 Å². The fourth-order valence-corrected chi connectivity index (χ4v) is 9.62. The molecule has 1 fully saturated rings. The average Bonchev–Trinajstić information content (AvgIpc) is 3.79. The van der Waals surface area contributed by atoms with Crippen molar-refractivity contribution in [2.24, 2.45) is 0 Å². The molecule has 0 spiro atoms. The minimum absolute atomic E-state index is 0.0138. The van der Waals surface area contributed by atoms with Crippen LogP contribution in [-0.4, -0.2) is 67.9 Å². The molecule has 1 unspecified atom stereocenters. The first kappa shape index (κ1) is 59.4. The molecule has 1 atom stereocenters. The molecule has 0 aromatic carbocycles. The van der Waals surface area contributed by atoms with Crippen molar-refractivity contribution in [3.8, 4) is 0 Å². The van der Waals surface area contributed by atoms with Gasteiger partial charge in [0.1, 0.15) is 12.4 Å². The highest BCUT2D eigenvalue weighted by Crippen LogP contribution is 2.27. The molecule has 0 bridgehead atoms. The number of nitrogens with one attached hydrogen (secondary N) is 1. The van der Waals surface area contributed by atoms with Crippen molar-refractivity contribution in [3.05, 3.63) is 0 Å². The molecular weight excluding hydrogens is 761 g/mol. The zero-order valence-electron chi connectivity index (χ0n) is 41.2. The minimum atomic E-state index is 0.0138. The summed E-state index contributed by atoms with van der Waals surface area (Å²) in [5.41, 5.74) is 0. The number of carbonyl (C=O) groups excluding carboxylic acids is 2. The van der Waals surface area contributed by atoms with E-state index in [1.54, 1.807) is 0 Å². The summed E-state index contributed by atoms with van der Waals surface area (Å²) in [6.07, 6.45) is 50.6. The lowest BCUT2D eigenvalue weighted by Gasteiger charge is -2.22. The second-order valence-corrected chi connectivity index (χ2v) is 19.6. The molecule has 0 radical (unpaired) electrons. The standard InChI is InChI=1S/C35H68N2O3S.C18H38O/c1-3-5-6-7-11-16-24-33(4-2)40-35(39)27-17-12-10-14-21-30-37(29-20-13-8-9-15-22-32-38)31-23-28-36-41-34-25-18-19-26-34;1-4-6-8-10-12-14-16-18(19-3)17-15-13-11-9-7-5-2/h32-34,36H,3-31H2,1-2H3;18H,4-17H2,1-3H3. The largest absolute Gasteiger partial charge is 0.462 e. The molecule has 6 nitrogen and oxygen atoms in total. The van der Waals surface area contributed by atoms with E-state index in [4.69, 9.17) is 9.47 Å². The van der Waals surface area contributed by atoms with Crippen LogP contribution in [0.1, 0.15) is 278 Å². The summed E-state index contributed by atoms with van der Waals surface area (Å²) in [5.74, 6) is 0.0138. The van der Waals surface area contributed by atoms with Gasteiger partial charge >= 0.3 is 5.97 Å². The SMILES string of the molecule is CCCCCCCCC(CC)OC(=O)CCCCCCCN(CCCCCCCC=O)CCCNSC1CCCC1.CCCCCCCCC(CCCCCCCC)OC. The van der Waals surface area contributed by atoms with Crippen molar-refractivity contribution in [2.75, 3.05) is 33.3 Å². The van der Waals surface area contributed by atoms with Crippen LogP contribution in [0.2, 0.25) is 0 Å². The molecule has 1 saturated carbocycles. The van der Waals surface area contributed by atoms with Gasteiger partial charge in [0.25, 0.3) is 0 Å². The van der Waals surface area contributed by atoms with Gasteiger partial charge in [0.15, 0.2) is 0 Å². The summed E-state index contributed by atoms with van der Waals surface area (Å²) >= 11 is 1.98. The monoisotopic (exact) mass is 867 g/mol. The smallest absolute Gasteiger partial charge is 0.306 e. The molecule has 358 valence electrons. The summed E-state index contributed by atoms with van der Waals surface area (Å²) < 4.78 is 15.0. The zero-order chi connectivity index (χ0) is 43.8. The molecule has 0 saturated heterocycles. The second-order valence-electron chi connectivity index (χ2n) is 18.4. The van der Waals surface area contributed by atoms with Crippen molar-refractivity contribution in [3.63, 3.8) is 0 Å². The third-order valence-electron chi connectivity index (χ3n) is 12.7. The first-order valence-corrected chi connectivity index (χ1v) is 27.7. The lowest BCUT2D eigenvalue weighted by Crippen LogP contribution is -2.29. The van der Waals surface area contributed by atoms with E-state index in [1.807, 2.05) is 19.1 Å². The molecule has 1 aliphatic carbocycles. The van der Waals surface area contributed by atoms with E-state index in [-0.39, 0.29) is 12.1 Å². The number of rotatable bonds is 46. The minimum Gasteiger partial charge on any atom is -0.462 e. The fourth-order valence-electron chi connectivity index (χ4n) is 8.55. The van der Waals surface area contributed by atoms with Gasteiger partial charge in [-0.05, 0) is 96.7 Å². The number of carbonyl (C=O) groups is 2. The third-order valence-corrected chi connectivity index (χ3v) is 13.9. The Morgan fingerprint density at radius 1 is 0.583 bits per heavy atom. The van der Waals surface area contributed by atoms with Crippen LogP contribution in [0.25, 0.3) is 0 Å².